The van der Waals surface area contributed by atoms with Crippen LogP contribution in [0.3, 0.4) is 0 Å². The first-order valence-electron chi connectivity index (χ1n) is 7.52. The van der Waals surface area contributed by atoms with Crippen molar-refractivity contribution in [3.05, 3.63) is 34.4 Å². The number of carbonyl (C=O) groups excluding carboxylic acids is 1. The number of amides is 1. The van der Waals surface area contributed by atoms with Gasteiger partial charge in [0.15, 0.2) is 0 Å². The molecule has 0 aliphatic rings. The SMILES string of the molecule is Cc1cc(C)nc(-n2nc(C)c(CC(=O)N(C)CC(=O)O)c2C)n1. The van der Waals surface area contributed by atoms with Gasteiger partial charge < -0.3 is 10.0 Å². The van der Waals surface area contributed by atoms with Gasteiger partial charge in [0.25, 0.3) is 5.95 Å². The summed E-state index contributed by atoms with van der Waals surface area (Å²) in [7, 11) is 1.47. The molecule has 8 heteroatoms. The Kier molecular flexibility index (Phi) is 4.96. The molecule has 2 aromatic rings. The molecule has 2 heterocycles. The maximum absolute atomic E-state index is 12.2. The molecule has 0 atom stereocenters. The molecule has 1 N–H and O–H groups in total. The van der Waals surface area contributed by atoms with E-state index in [1.165, 1.54) is 11.9 Å². The standard InChI is InChI=1S/C16H21N5O3/c1-9-6-10(2)18-16(17-9)21-12(4)13(11(3)19-21)7-14(22)20(5)8-15(23)24/h6H,7-8H2,1-5H3,(H,23,24). The van der Waals surface area contributed by atoms with E-state index in [0.717, 1.165) is 22.6 Å². The summed E-state index contributed by atoms with van der Waals surface area (Å²) in [6, 6.07) is 1.88. The summed E-state index contributed by atoms with van der Waals surface area (Å²) in [5.41, 5.74) is 3.91. The van der Waals surface area contributed by atoms with Gasteiger partial charge in [-0.15, -0.1) is 0 Å². The Hall–Kier alpha value is -2.77. The minimum Gasteiger partial charge on any atom is -0.480 e. The van der Waals surface area contributed by atoms with Crippen LogP contribution in [0, 0.1) is 27.7 Å². The second-order valence-corrected chi connectivity index (χ2v) is 5.83. The Morgan fingerprint density at radius 2 is 1.75 bits per heavy atom. The van der Waals surface area contributed by atoms with E-state index in [2.05, 4.69) is 15.1 Å². The third-order valence-electron chi connectivity index (χ3n) is 3.73. The van der Waals surface area contributed by atoms with Crippen LogP contribution in [0.1, 0.15) is 28.3 Å². The number of rotatable bonds is 5. The molecule has 2 rings (SSSR count). The van der Waals surface area contributed by atoms with E-state index >= 15 is 0 Å². The highest BCUT2D eigenvalue weighted by Crippen LogP contribution is 2.17. The molecule has 0 saturated carbocycles. The Bertz CT molecular complexity index is 777. The smallest absolute Gasteiger partial charge is 0.323 e. The molecule has 2 aromatic heterocycles. The molecule has 24 heavy (non-hydrogen) atoms. The lowest BCUT2D eigenvalue weighted by atomic mass is 10.1. The first-order chi connectivity index (χ1) is 11.2. The van der Waals surface area contributed by atoms with Crippen molar-refractivity contribution in [2.75, 3.05) is 13.6 Å². The van der Waals surface area contributed by atoms with Gasteiger partial charge >= 0.3 is 5.97 Å². The number of nitrogens with zero attached hydrogens (tertiary/aromatic N) is 5. The van der Waals surface area contributed by atoms with E-state index in [4.69, 9.17) is 5.11 Å². The molecule has 0 unspecified atom stereocenters. The zero-order valence-electron chi connectivity index (χ0n) is 14.5. The first kappa shape index (κ1) is 17.6. The number of hydrogen-bond acceptors (Lipinski definition) is 5. The van der Waals surface area contributed by atoms with Gasteiger partial charge in [-0.05, 0) is 33.8 Å². The summed E-state index contributed by atoms with van der Waals surface area (Å²) < 4.78 is 1.62. The van der Waals surface area contributed by atoms with E-state index in [1.54, 1.807) is 4.68 Å². The number of carbonyl (C=O) groups is 2. The molecule has 0 aromatic carbocycles. The van der Waals surface area contributed by atoms with Crippen molar-refractivity contribution in [3.63, 3.8) is 0 Å². The van der Waals surface area contributed by atoms with Gasteiger partial charge in [-0.1, -0.05) is 0 Å². The van der Waals surface area contributed by atoms with Crippen molar-refractivity contribution in [3.8, 4) is 5.95 Å². The minimum atomic E-state index is -1.04. The summed E-state index contributed by atoms with van der Waals surface area (Å²) in [6.07, 6.45) is 0.0895. The first-order valence-corrected chi connectivity index (χ1v) is 7.52. The summed E-state index contributed by atoms with van der Waals surface area (Å²) >= 11 is 0. The van der Waals surface area contributed by atoms with Gasteiger partial charge in [0.05, 0.1) is 12.1 Å². The molecule has 0 aliphatic carbocycles. The van der Waals surface area contributed by atoms with Crippen molar-refractivity contribution >= 4 is 11.9 Å². The van der Waals surface area contributed by atoms with Crippen LogP contribution in [0.4, 0.5) is 0 Å². The lowest BCUT2D eigenvalue weighted by Crippen LogP contribution is -2.33. The Morgan fingerprint density at radius 1 is 1.17 bits per heavy atom. The Morgan fingerprint density at radius 3 is 2.29 bits per heavy atom. The number of aromatic nitrogens is 4. The largest absolute Gasteiger partial charge is 0.480 e. The Balaban J connectivity index is 2.32. The molecule has 8 nitrogen and oxygen atoms in total. The predicted octanol–water partition coefficient (Wildman–Crippen LogP) is 0.981. The molecule has 128 valence electrons. The third kappa shape index (κ3) is 3.76. The zero-order chi connectivity index (χ0) is 18.0. The van der Waals surface area contributed by atoms with E-state index in [0.29, 0.717) is 11.6 Å². The molecule has 0 radical (unpaired) electrons. The molecule has 0 saturated heterocycles. The van der Waals surface area contributed by atoms with E-state index in [1.807, 2.05) is 33.8 Å². The predicted molar refractivity (Wildman–Crippen MR) is 87.1 cm³/mol. The average Bonchev–Trinajstić information content (AvgIpc) is 2.73. The number of aryl methyl sites for hydroxylation is 3. The summed E-state index contributed by atoms with van der Waals surface area (Å²) in [4.78, 5) is 32.9. The second kappa shape index (κ2) is 6.77. The van der Waals surface area contributed by atoms with E-state index in [-0.39, 0.29) is 18.9 Å². The lowest BCUT2D eigenvalue weighted by molar-refractivity contribution is -0.143. The van der Waals surface area contributed by atoms with Crippen molar-refractivity contribution in [2.45, 2.75) is 34.1 Å². The number of aliphatic carboxylic acids is 1. The van der Waals surface area contributed by atoms with Gasteiger partial charge in [-0.3, -0.25) is 9.59 Å². The van der Waals surface area contributed by atoms with E-state index < -0.39 is 5.97 Å². The van der Waals surface area contributed by atoms with Gasteiger partial charge in [-0.2, -0.15) is 5.10 Å². The van der Waals surface area contributed by atoms with E-state index in [9.17, 15) is 9.59 Å². The van der Waals surface area contributed by atoms with Gasteiger partial charge in [0, 0.05) is 29.7 Å². The van der Waals surface area contributed by atoms with Gasteiger partial charge in [0.2, 0.25) is 5.91 Å². The highest BCUT2D eigenvalue weighted by atomic mass is 16.4. The lowest BCUT2D eigenvalue weighted by Gasteiger charge is -2.14. The van der Waals surface area contributed by atoms with Crippen LogP contribution in [0.15, 0.2) is 6.07 Å². The summed E-state index contributed by atoms with van der Waals surface area (Å²) in [6.45, 7) is 7.10. The fraction of sp³-hybridized carbons (Fsp3) is 0.438. The van der Waals surface area contributed by atoms with Crippen LogP contribution in [0.25, 0.3) is 5.95 Å². The van der Waals surface area contributed by atoms with Crippen molar-refractivity contribution < 1.29 is 14.7 Å². The molecule has 0 aliphatic heterocycles. The van der Waals surface area contributed by atoms with Crippen LogP contribution in [0.5, 0.6) is 0 Å². The zero-order valence-corrected chi connectivity index (χ0v) is 14.5. The number of carboxylic acid groups (broad SMARTS) is 1. The normalized spacial score (nSPS) is 10.7. The maximum Gasteiger partial charge on any atom is 0.323 e. The van der Waals surface area contributed by atoms with Crippen molar-refractivity contribution in [1.29, 1.82) is 0 Å². The van der Waals surface area contributed by atoms with Gasteiger partial charge in [0.1, 0.15) is 6.54 Å². The van der Waals surface area contributed by atoms with Crippen LogP contribution in [-0.4, -0.2) is 55.2 Å². The summed E-state index contributed by atoms with van der Waals surface area (Å²) in [5, 5.41) is 13.2. The number of carboxylic acids is 1. The number of hydrogen-bond donors (Lipinski definition) is 1. The molecule has 0 spiro atoms. The van der Waals surface area contributed by atoms with Gasteiger partial charge in [-0.25, -0.2) is 14.6 Å². The molecule has 1 amide bonds. The monoisotopic (exact) mass is 331 g/mol. The quantitative estimate of drug-likeness (QED) is 0.876. The second-order valence-electron chi connectivity index (χ2n) is 5.83. The molecule has 0 fully saturated rings. The Labute approximate surface area is 140 Å². The third-order valence-corrected chi connectivity index (χ3v) is 3.73. The van der Waals surface area contributed by atoms with Crippen LogP contribution in [-0.2, 0) is 16.0 Å². The van der Waals surface area contributed by atoms with Crippen molar-refractivity contribution in [2.24, 2.45) is 0 Å². The summed E-state index contributed by atoms with van der Waals surface area (Å²) in [5.74, 6) is -0.853. The number of likely N-dealkylation sites (N-methyl/N-ethyl adjacent to an activating group) is 1. The molecule has 0 bridgehead atoms. The van der Waals surface area contributed by atoms with Crippen molar-refractivity contribution in [1.82, 2.24) is 24.6 Å². The van der Waals surface area contributed by atoms with Crippen LogP contribution in [0.2, 0.25) is 0 Å². The highest BCUT2D eigenvalue weighted by Gasteiger charge is 2.20. The average molecular weight is 331 g/mol. The molecular formula is C16H21N5O3. The highest BCUT2D eigenvalue weighted by molar-refractivity contribution is 5.83. The minimum absolute atomic E-state index is 0.0895. The van der Waals surface area contributed by atoms with Crippen LogP contribution >= 0.6 is 0 Å². The topological polar surface area (TPSA) is 101 Å². The fourth-order valence-electron chi connectivity index (χ4n) is 2.50. The fourth-order valence-corrected chi connectivity index (χ4v) is 2.50. The van der Waals surface area contributed by atoms with Crippen LogP contribution < -0.4 is 0 Å². The maximum atomic E-state index is 12.2. The molecular weight excluding hydrogens is 310 g/mol.